The van der Waals surface area contributed by atoms with Crippen molar-refractivity contribution in [3.63, 3.8) is 0 Å². The van der Waals surface area contributed by atoms with Gasteiger partial charge in [-0.2, -0.15) is 0 Å². The van der Waals surface area contributed by atoms with Gasteiger partial charge >= 0.3 is 0 Å². The van der Waals surface area contributed by atoms with Crippen molar-refractivity contribution in [1.29, 1.82) is 0 Å². The van der Waals surface area contributed by atoms with Crippen LogP contribution < -0.4 is 0 Å². The first-order valence-corrected chi connectivity index (χ1v) is 3.89. The topological polar surface area (TPSA) is 17.1 Å². The Morgan fingerprint density at radius 2 is 2.45 bits per heavy atom. The highest BCUT2D eigenvalue weighted by molar-refractivity contribution is 5.49. The van der Waals surface area contributed by atoms with Gasteiger partial charge in [-0.1, -0.05) is 31.2 Å². The Morgan fingerprint density at radius 1 is 1.64 bits per heavy atom. The molecule has 58 valence electrons. The van der Waals surface area contributed by atoms with Gasteiger partial charge in [0, 0.05) is 11.5 Å². The van der Waals surface area contributed by atoms with E-state index >= 15 is 0 Å². The Kier molecular flexibility index (Phi) is 2.45. The van der Waals surface area contributed by atoms with E-state index in [-0.39, 0.29) is 5.41 Å². The summed E-state index contributed by atoms with van der Waals surface area (Å²) in [5.74, 6) is 1.87. The first kappa shape index (κ1) is 8.03. The standard InChI is InChI=1S/C10H12O/c1-2-10(8-9-11)6-4-3-5-7-10/h3-6,8H,2,7H2,1H3. The quantitative estimate of drug-likeness (QED) is 0.549. The fraction of sp³-hybridized carbons (Fsp3) is 0.400. The van der Waals surface area contributed by atoms with E-state index in [1.54, 1.807) is 6.08 Å². The molecule has 1 nitrogen and oxygen atoms in total. The number of hydrogen-bond donors (Lipinski definition) is 0. The van der Waals surface area contributed by atoms with Crippen LogP contribution in [0, 0.1) is 5.41 Å². The van der Waals surface area contributed by atoms with Gasteiger partial charge in [0.05, 0.1) is 0 Å². The zero-order valence-corrected chi connectivity index (χ0v) is 6.71. The first-order chi connectivity index (χ1) is 5.33. The van der Waals surface area contributed by atoms with E-state index in [1.807, 2.05) is 18.1 Å². The molecule has 1 atom stereocenters. The molecule has 1 aliphatic rings. The second-order valence-electron chi connectivity index (χ2n) is 2.84. The molecule has 0 fully saturated rings. The van der Waals surface area contributed by atoms with Crippen LogP contribution in [-0.4, -0.2) is 5.94 Å². The van der Waals surface area contributed by atoms with Crippen molar-refractivity contribution in [2.45, 2.75) is 19.8 Å². The van der Waals surface area contributed by atoms with E-state index in [4.69, 9.17) is 0 Å². The molecule has 1 aliphatic carbocycles. The monoisotopic (exact) mass is 148 g/mol. The van der Waals surface area contributed by atoms with Crippen LogP contribution in [0.2, 0.25) is 0 Å². The molecule has 11 heavy (non-hydrogen) atoms. The van der Waals surface area contributed by atoms with Gasteiger partial charge in [0.1, 0.15) is 5.94 Å². The Hall–Kier alpha value is -1.07. The number of carbonyl (C=O) groups excluding carboxylic acids is 1. The van der Waals surface area contributed by atoms with Gasteiger partial charge in [-0.25, -0.2) is 4.79 Å². The molecule has 1 rings (SSSR count). The average molecular weight is 148 g/mol. The lowest BCUT2D eigenvalue weighted by Gasteiger charge is -2.23. The lowest BCUT2D eigenvalue weighted by molar-refractivity contribution is 0.474. The summed E-state index contributed by atoms with van der Waals surface area (Å²) in [4.78, 5) is 10.2. The summed E-state index contributed by atoms with van der Waals surface area (Å²) in [6.45, 7) is 2.08. The minimum absolute atomic E-state index is 0.0451. The Bertz CT molecular complexity index is 231. The largest absolute Gasteiger partial charge is 0.234 e. The highest BCUT2D eigenvalue weighted by Gasteiger charge is 2.21. The number of hydrogen-bond acceptors (Lipinski definition) is 1. The van der Waals surface area contributed by atoms with E-state index < -0.39 is 0 Å². The molecular weight excluding hydrogens is 136 g/mol. The van der Waals surface area contributed by atoms with Crippen LogP contribution in [0.3, 0.4) is 0 Å². The third kappa shape index (κ3) is 1.69. The van der Waals surface area contributed by atoms with E-state index in [1.165, 1.54) is 0 Å². The molecule has 0 saturated carbocycles. The van der Waals surface area contributed by atoms with E-state index in [0.29, 0.717) is 0 Å². The first-order valence-electron chi connectivity index (χ1n) is 3.89. The van der Waals surface area contributed by atoms with Gasteiger partial charge in [-0.05, 0) is 12.8 Å². The molecule has 0 bridgehead atoms. The molecule has 0 amide bonds. The van der Waals surface area contributed by atoms with Gasteiger partial charge in [0.15, 0.2) is 0 Å². The van der Waals surface area contributed by atoms with Crippen molar-refractivity contribution >= 4 is 5.94 Å². The summed E-state index contributed by atoms with van der Waals surface area (Å²) in [6.07, 6.45) is 11.6. The summed E-state index contributed by atoms with van der Waals surface area (Å²) < 4.78 is 0. The molecule has 0 heterocycles. The maximum Gasteiger partial charge on any atom is 0.120 e. The summed E-state index contributed by atoms with van der Waals surface area (Å²) in [6, 6.07) is 0. The molecule has 1 heteroatoms. The zero-order valence-electron chi connectivity index (χ0n) is 6.71. The second-order valence-corrected chi connectivity index (χ2v) is 2.84. The molecule has 0 aromatic carbocycles. The molecule has 0 radical (unpaired) electrons. The Morgan fingerprint density at radius 3 is 2.91 bits per heavy atom. The molecule has 1 unspecified atom stereocenters. The van der Waals surface area contributed by atoms with Crippen molar-refractivity contribution in [1.82, 2.24) is 0 Å². The van der Waals surface area contributed by atoms with Crippen LogP contribution in [0.4, 0.5) is 0 Å². The fourth-order valence-electron chi connectivity index (χ4n) is 1.27. The van der Waals surface area contributed by atoms with E-state index in [0.717, 1.165) is 12.8 Å². The van der Waals surface area contributed by atoms with Crippen molar-refractivity contribution in [3.8, 4) is 0 Å². The lowest BCUT2D eigenvalue weighted by Crippen LogP contribution is -2.14. The van der Waals surface area contributed by atoms with E-state index in [2.05, 4.69) is 19.1 Å². The van der Waals surface area contributed by atoms with Gasteiger partial charge in [0.25, 0.3) is 0 Å². The van der Waals surface area contributed by atoms with Gasteiger partial charge in [-0.15, -0.1) is 0 Å². The predicted octanol–water partition coefficient (Wildman–Crippen LogP) is 2.29. The van der Waals surface area contributed by atoms with Crippen LogP contribution >= 0.6 is 0 Å². The van der Waals surface area contributed by atoms with E-state index in [9.17, 15) is 4.79 Å². The number of allylic oxidation sites excluding steroid dienone is 5. The number of rotatable bonds is 2. The van der Waals surface area contributed by atoms with Crippen molar-refractivity contribution in [3.05, 3.63) is 30.4 Å². The van der Waals surface area contributed by atoms with Crippen LogP contribution in [0.15, 0.2) is 30.4 Å². The van der Waals surface area contributed by atoms with Crippen molar-refractivity contribution in [2.75, 3.05) is 0 Å². The van der Waals surface area contributed by atoms with Crippen LogP contribution in [0.25, 0.3) is 0 Å². The maximum atomic E-state index is 10.2. The fourth-order valence-corrected chi connectivity index (χ4v) is 1.27. The van der Waals surface area contributed by atoms with Crippen LogP contribution in [-0.2, 0) is 4.79 Å². The molecular formula is C10H12O. The van der Waals surface area contributed by atoms with Crippen molar-refractivity contribution < 1.29 is 4.79 Å². The molecule has 0 aliphatic heterocycles. The van der Waals surface area contributed by atoms with Gasteiger partial charge in [0.2, 0.25) is 0 Å². The zero-order chi connectivity index (χ0) is 8.16. The van der Waals surface area contributed by atoms with Crippen LogP contribution in [0.5, 0.6) is 0 Å². The summed E-state index contributed by atoms with van der Waals surface area (Å²) in [5.41, 5.74) is -0.0451. The second kappa shape index (κ2) is 3.36. The van der Waals surface area contributed by atoms with Gasteiger partial charge < -0.3 is 0 Å². The third-order valence-electron chi connectivity index (χ3n) is 2.18. The smallest absolute Gasteiger partial charge is 0.120 e. The lowest BCUT2D eigenvalue weighted by atomic mass is 9.79. The molecule has 0 aromatic rings. The normalized spacial score (nSPS) is 28.1. The van der Waals surface area contributed by atoms with Crippen molar-refractivity contribution in [2.24, 2.45) is 5.41 Å². The Balaban J connectivity index is 2.84. The van der Waals surface area contributed by atoms with Gasteiger partial charge in [-0.3, -0.25) is 0 Å². The average Bonchev–Trinajstić information content (AvgIpc) is 2.07. The Labute approximate surface area is 67.1 Å². The predicted molar refractivity (Wildman–Crippen MR) is 45.9 cm³/mol. The molecule has 0 aromatic heterocycles. The highest BCUT2D eigenvalue weighted by atomic mass is 16.1. The summed E-state index contributed by atoms with van der Waals surface area (Å²) in [7, 11) is 0. The summed E-state index contributed by atoms with van der Waals surface area (Å²) in [5, 5.41) is 0. The third-order valence-corrected chi connectivity index (χ3v) is 2.18. The van der Waals surface area contributed by atoms with Crippen LogP contribution in [0.1, 0.15) is 19.8 Å². The molecule has 0 spiro atoms. The molecule has 0 saturated heterocycles. The molecule has 0 N–H and O–H groups in total. The summed E-state index contributed by atoms with van der Waals surface area (Å²) >= 11 is 0. The maximum absolute atomic E-state index is 10.2. The SMILES string of the molecule is CCC1(C=C=O)C=CC=CC1. The minimum atomic E-state index is -0.0451. The highest BCUT2D eigenvalue weighted by Crippen LogP contribution is 2.31. The minimum Gasteiger partial charge on any atom is -0.234 e.